The van der Waals surface area contributed by atoms with Crippen LogP contribution in [0.4, 0.5) is 0 Å². The molecule has 7 nitrogen and oxygen atoms in total. The van der Waals surface area contributed by atoms with E-state index < -0.39 is 0 Å². The summed E-state index contributed by atoms with van der Waals surface area (Å²) >= 11 is 0. The molecule has 1 aromatic heterocycles. The molecule has 0 saturated carbocycles. The Hall–Kier alpha value is -2.25. The van der Waals surface area contributed by atoms with Gasteiger partial charge >= 0.3 is 0 Å². The molecule has 1 saturated heterocycles. The molecule has 0 bridgehead atoms. The third-order valence-electron chi connectivity index (χ3n) is 4.53. The molecule has 2 N–H and O–H groups in total. The Morgan fingerprint density at radius 1 is 1.46 bits per heavy atom. The first-order valence-electron chi connectivity index (χ1n) is 8.12. The zero-order valence-electron chi connectivity index (χ0n) is 14.1. The number of likely N-dealkylation sites (N-methyl/N-ethyl adjacent to an activating group) is 1. The van der Waals surface area contributed by atoms with Crippen LogP contribution in [0.1, 0.15) is 29.7 Å². The van der Waals surface area contributed by atoms with Crippen LogP contribution in [-0.2, 0) is 11.3 Å². The quantitative estimate of drug-likeness (QED) is 0.854. The van der Waals surface area contributed by atoms with Crippen molar-refractivity contribution in [3.63, 3.8) is 0 Å². The Balaban J connectivity index is 1.66. The Bertz CT molecular complexity index is 687. The molecule has 1 aromatic carbocycles. The van der Waals surface area contributed by atoms with E-state index in [-0.39, 0.29) is 11.9 Å². The number of aromatic nitrogens is 2. The van der Waals surface area contributed by atoms with Gasteiger partial charge in [-0.05, 0) is 19.0 Å². The summed E-state index contributed by atoms with van der Waals surface area (Å²) in [6, 6.07) is 9.66. The van der Waals surface area contributed by atoms with Crippen LogP contribution in [0, 0.1) is 6.92 Å². The predicted molar refractivity (Wildman–Crippen MR) is 88.9 cm³/mol. The summed E-state index contributed by atoms with van der Waals surface area (Å²) < 4.78 is 5.02. The number of likely N-dealkylation sites (tertiary alicyclic amines) is 1. The van der Waals surface area contributed by atoms with E-state index in [2.05, 4.69) is 19.9 Å². The van der Waals surface area contributed by atoms with Gasteiger partial charge in [-0.15, -0.1) is 0 Å². The van der Waals surface area contributed by atoms with Crippen LogP contribution in [0.15, 0.2) is 34.9 Å². The topological polar surface area (TPSA) is 88.5 Å². The third kappa shape index (κ3) is 3.63. The number of nitrogens with two attached hydrogens (primary N) is 1. The molecular weight excluding hydrogens is 306 g/mol. The number of nitrogens with zero attached hydrogens (tertiary/aromatic N) is 4. The fourth-order valence-corrected chi connectivity index (χ4v) is 3.31. The highest BCUT2D eigenvalue weighted by Crippen LogP contribution is 2.27. The van der Waals surface area contributed by atoms with Crippen molar-refractivity contribution >= 4 is 5.91 Å². The van der Waals surface area contributed by atoms with E-state index in [0.717, 1.165) is 25.1 Å². The van der Waals surface area contributed by atoms with Crippen molar-refractivity contribution in [1.29, 1.82) is 0 Å². The van der Waals surface area contributed by atoms with Gasteiger partial charge in [-0.25, -0.2) is 0 Å². The molecule has 24 heavy (non-hydrogen) atoms. The van der Waals surface area contributed by atoms with E-state index in [9.17, 15) is 4.79 Å². The van der Waals surface area contributed by atoms with Crippen molar-refractivity contribution in [3.05, 3.63) is 47.6 Å². The highest BCUT2D eigenvalue weighted by atomic mass is 16.5. The molecule has 0 aliphatic carbocycles. The minimum absolute atomic E-state index is 0.307. The zero-order valence-corrected chi connectivity index (χ0v) is 14.1. The van der Waals surface area contributed by atoms with Gasteiger partial charge in [0.25, 0.3) is 0 Å². The molecule has 1 aliphatic heterocycles. The average Bonchev–Trinajstić information content (AvgIpc) is 3.18. The monoisotopic (exact) mass is 329 g/mol. The minimum atomic E-state index is -0.378. The van der Waals surface area contributed by atoms with Crippen LogP contribution in [0.25, 0.3) is 0 Å². The van der Waals surface area contributed by atoms with Crippen molar-refractivity contribution in [2.24, 2.45) is 5.73 Å². The Morgan fingerprint density at radius 3 is 2.83 bits per heavy atom. The van der Waals surface area contributed by atoms with E-state index in [1.165, 1.54) is 0 Å². The Labute approximate surface area is 141 Å². The van der Waals surface area contributed by atoms with Gasteiger partial charge in [0, 0.05) is 26.1 Å². The first kappa shape index (κ1) is 16.6. The van der Waals surface area contributed by atoms with Gasteiger partial charge in [-0.1, -0.05) is 35.5 Å². The fourth-order valence-electron chi connectivity index (χ4n) is 3.31. The Kier molecular flexibility index (Phi) is 4.92. The minimum Gasteiger partial charge on any atom is -0.368 e. The lowest BCUT2D eigenvalue weighted by atomic mass is 10.1. The lowest BCUT2D eigenvalue weighted by Crippen LogP contribution is -2.39. The van der Waals surface area contributed by atoms with Gasteiger partial charge < -0.3 is 10.3 Å². The summed E-state index contributed by atoms with van der Waals surface area (Å²) in [5.74, 6) is 0.950. The third-order valence-corrected chi connectivity index (χ3v) is 4.53. The van der Waals surface area contributed by atoms with Crippen LogP contribution < -0.4 is 5.73 Å². The summed E-state index contributed by atoms with van der Waals surface area (Å²) in [5, 5.41) is 3.94. The molecule has 2 atom stereocenters. The molecule has 128 valence electrons. The van der Waals surface area contributed by atoms with Gasteiger partial charge in [0.15, 0.2) is 5.82 Å². The molecule has 1 aliphatic rings. The van der Waals surface area contributed by atoms with Crippen LogP contribution >= 0.6 is 0 Å². The second-order valence-electron chi connectivity index (χ2n) is 6.30. The van der Waals surface area contributed by atoms with Crippen molar-refractivity contribution in [1.82, 2.24) is 19.9 Å². The number of hydrogen-bond donors (Lipinski definition) is 1. The van der Waals surface area contributed by atoms with Crippen LogP contribution in [0.5, 0.6) is 0 Å². The van der Waals surface area contributed by atoms with Gasteiger partial charge in [-0.2, -0.15) is 4.98 Å². The standard InChI is InChI=1S/C17H23N5O2/c1-12-19-15(20-24-12)11-21(2)14-8-9-22(10-14)16(17(18)23)13-6-4-3-5-7-13/h3-7,14,16H,8-11H2,1-2H3,(H2,18,23). The number of rotatable bonds is 6. The zero-order chi connectivity index (χ0) is 17.1. The van der Waals surface area contributed by atoms with Crippen molar-refractivity contribution in [3.8, 4) is 0 Å². The first-order valence-corrected chi connectivity index (χ1v) is 8.12. The molecule has 3 rings (SSSR count). The van der Waals surface area contributed by atoms with E-state index in [0.29, 0.717) is 24.3 Å². The number of hydrogen-bond acceptors (Lipinski definition) is 6. The van der Waals surface area contributed by atoms with E-state index in [1.54, 1.807) is 6.92 Å². The molecule has 1 fully saturated rings. The molecule has 1 amide bonds. The van der Waals surface area contributed by atoms with Crippen molar-refractivity contribution < 1.29 is 9.32 Å². The number of primary amides is 1. The molecule has 0 radical (unpaired) electrons. The number of aryl methyl sites for hydroxylation is 1. The lowest BCUT2D eigenvalue weighted by molar-refractivity contribution is -0.123. The summed E-state index contributed by atoms with van der Waals surface area (Å²) in [7, 11) is 2.04. The number of carbonyl (C=O) groups excluding carboxylic acids is 1. The van der Waals surface area contributed by atoms with E-state index in [4.69, 9.17) is 10.3 Å². The molecular formula is C17H23N5O2. The van der Waals surface area contributed by atoms with Crippen LogP contribution in [0.3, 0.4) is 0 Å². The molecule has 2 aromatic rings. The maximum atomic E-state index is 12.0. The van der Waals surface area contributed by atoms with Gasteiger partial charge in [-0.3, -0.25) is 14.6 Å². The summed E-state index contributed by atoms with van der Waals surface area (Å²) in [6.07, 6.45) is 0.976. The second kappa shape index (κ2) is 7.11. The number of carbonyl (C=O) groups is 1. The lowest BCUT2D eigenvalue weighted by Gasteiger charge is -2.27. The van der Waals surface area contributed by atoms with Gasteiger partial charge in [0.2, 0.25) is 11.8 Å². The first-order chi connectivity index (χ1) is 11.5. The van der Waals surface area contributed by atoms with Gasteiger partial charge in [0.05, 0.1) is 6.54 Å². The SMILES string of the molecule is Cc1nc(CN(C)C2CCN(C(C(N)=O)c3ccccc3)C2)no1. The normalized spacial score (nSPS) is 19.7. The largest absolute Gasteiger partial charge is 0.368 e. The summed E-state index contributed by atoms with van der Waals surface area (Å²) in [5.41, 5.74) is 6.62. The van der Waals surface area contributed by atoms with Crippen LogP contribution in [-0.4, -0.2) is 52.0 Å². The smallest absolute Gasteiger partial charge is 0.239 e. The molecule has 2 heterocycles. The van der Waals surface area contributed by atoms with Crippen molar-refractivity contribution in [2.45, 2.75) is 32.0 Å². The summed E-state index contributed by atoms with van der Waals surface area (Å²) in [6.45, 7) is 4.03. The Morgan fingerprint density at radius 2 is 2.21 bits per heavy atom. The number of benzene rings is 1. The highest BCUT2D eigenvalue weighted by molar-refractivity contribution is 5.81. The summed E-state index contributed by atoms with van der Waals surface area (Å²) in [4.78, 5) is 20.6. The average molecular weight is 329 g/mol. The fraction of sp³-hybridized carbons (Fsp3) is 0.471. The maximum Gasteiger partial charge on any atom is 0.239 e. The van der Waals surface area contributed by atoms with Gasteiger partial charge in [0.1, 0.15) is 6.04 Å². The molecule has 7 heteroatoms. The highest BCUT2D eigenvalue weighted by Gasteiger charge is 2.34. The van der Waals surface area contributed by atoms with E-state index >= 15 is 0 Å². The number of amides is 1. The van der Waals surface area contributed by atoms with E-state index in [1.807, 2.05) is 37.4 Å². The van der Waals surface area contributed by atoms with Crippen LogP contribution in [0.2, 0.25) is 0 Å². The molecule has 2 unspecified atom stereocenters. The molecule has 0 spiro atoms. The predicted octanol–water partition coefficient (Wildman–Crippen LogP) is 1.11. The maximum absolute atomic E-state index is 12.0. The van der Waals surface area contributed by atoms with Crippen molar-refractivity contribution in [2.75, 3.05) is 20.1 Å². The second-order valence-corrected chi connectivity index (χ2v) is 6.30.